The van der Waals surface area contributed by atoms with Gasteiger partial charge in [0.2, 0.25) is 0 Å². The minimum absolute atomic E-state index is 0.489. The SMILES string of the molecule is CCN1CC(CNc2ccc(C)cc2)=Nc2c1ccnc2N. The molecular formula is C17H21N5. The molecule has 1 aliphatic rings. The Bertz CT molecular complexity index is 691. The molecule has 0 atom stereocenters. The third kappa shape index (κ3) is 2.88. The lowest BCUT2D eigenvalue weighted by Crippen LogP contribution is -2.35. The smallest absolute Gasteiger partial charge is 0.151 e. The molecule has 1 aliphatic heterocycles. The first-order chi connectivity index (χ1) is 10.7. The lowest BCUT2D eigenvalue weighted by molar-refractivity contribution is 0.904. The summed E-state index contributed by atoms with van der Waals surface area (Å²) in [5, 5.41) is 3.42. The maximum atomic E-state index is 5.98. The average Bonchev–Trinajstić information content (AvgIpc) is 2.54. The number of benzene rings is 1. The lowest BCUT2D eigenvalue weighted by atomic mass is 10.2. The molecule has 3 rings (SSSR count). The summed E-state index contributed by atoms with van der Waals surface area (Å²) in [7, 11) is 0. The Morgan fingerprint density at radius 2 is 2.00 bits per heavy atom. The Balaban J connectivity index is 1.79. The summed E-state index contributed by atoms with van der Waals surface area (Å²) < 4.78 is 0. The molecule has 5 nitrogen and oxygen atoms in total. The molecule has 0 bridgehead atoms. The van der Waals surface area contributed by atoms with Gasteiger partial charge in [-0.3, -0.25) is 0 Å². The van der Waals surface area contributed by atoms with Crippen LogP contribution in [0, 0.1) is 6.92 Å². The van der Waals surface area contributed by atoms with Crippen molar-refractivity contribution in [1.29, 1.82) is 0 Å². The van der Waals surface area contributed by atoms with Crippen LogP contribution in [0.4, 0.5) is 22.9 Å². The van der Waals surface area contributed by atoms with Crippen LogP contribution in [0.25, 0.3) is 0 Å². The van der Waals surface area contributed by atoms with Crippen LogP contribution in [-0.2, 0) is 0 Å². The van der Waals surface area contributed by atoms with Gasteiger partial charge in [-0.05, 0) is 32.0 Å². The highest BCUT2D eigenvalue weighted by molar-refractivity contribution is 6.00. The van der Waals surface area contributed by atoms with Crippen molar-refractivity contribution >= 4 is 28.6 Å². The van der Waals surface area contributed by atoms with E-state index in [9.17, 15) is 0 Å². The first kappa shape index (κ1) is 14.4. The van der Waals surface area contributed by atoms with Gasteiger partial charge in [-0.25, -0.2) is 9.98 Å². The molecule has 5 heteroatoms. The standard InChI is InChI=1S/C17H21N5/c1-3-22-11-14(10-20-13-6-4-12(2)5-7-13)21-16-15(22)8-9-19-17(16)18/h4-9,20H,3,10-11H2,1-2H3,(H2,18,19). The Kier molecular flexibility index (Phi) is 3.96. The molecule has 0 aliphatic carbocycles. The fourth-order valence-electron chi connectivity index (χ4n) is 2.58. The van der Waals surface area contributed by atoms with E-state index in [0.717, 1.165) is 35.9 Å². The molecule has 0 spiro atoms. The second kappa shape index (κ2) is 6.05. The van der Waals surface area contributed by atoms with Gasteiger partial charge in [-0.15, -0.1) is 0 Å². The molecular weight excluding hydrogens is 274 g/mol. The third-order valence-corrected chi connectivity index (χ3v) is 3.85. The number of fused-ring (bicyclic) bond motifs is 1. The molecule has 0 amide bonds. The highest BCUT2D eigenvalue weighted by Gasteiger charge is 2.20. The van der Waals surface area contributed by atoms with E-state index in [1.165, 1.54) is 5.56 Å². The highest BCUT2D eigenvalue weighted by atomic mass is 15.2. The molecule has 0 saturated heterocycles. The molecule has 114 valence electrons. The van der Waals surface area contributed by atoms with Crippen LogP contribution in [0.15, 0.2) is 41.5 Å². The van der Waals surface area contributed by atoms with Gasteiger partial charge in [-0.1, -0.05) is 17.7 Å². The van der Waals surface area contributed by atoms with E-state index in [4.69, 9.17) is 10.7 Å². The predicted molar refractivity (Wildman–Crippen MR) is 93.3 cm³/mol. The van der Waals surface area contributed by atoms with Crippen LogP contribution in [0.5, 0.6) is 0 Å². The van der Waals surface area contributed by atoms with E-state index in [2.05, 4.69) is 53.3 Å². The zero-order valence-corrected chi connectivity index (χ0v) is 13.0. The largest absolute Gasteiger partial charge is 0.382 e. The molecule has 0 radical (unpaired) electrons. The number of nitrogens with one attached hydrogen (secondary N) is 1. The van der Waals surface area contributed by atoms with E-state index in [1.807, 2.05) is 6.07 Å². The van der Waals surface area contributed by atoms with Gasteiger partial charge in [0.1, 0.15) is 5.69 Å². The second-order valence-electron chi connectivity index (χ2n) is 5.48. The van der Waals surface area contributed by atoms with Crippen LogP contribution < -0.4 is 16.0 Å². The van der Waals surface area contributed by atoms with E-state index in [0.29, 0.717) is 12.4 Å². The molecule has 0 unspecified atom stereocenters. The van der Waals surface area contributed by atoms with Gasteiger partial charge < -0.3 is 16.0 Å². The summed E-state index contributed by atoms with van der Waals surface area (Å²) in [5.74, 6) is 0.489. The van der Waals surface area contributed by atoms with E-state index >= 15 is 0 Å². The van der Waals surface area contributed by atoms with Crippen molar-refractivity contribution in [3.05, 3.63) is 42.1 Å². The number of aliphatic imine (C=N–C) groups is 1. The van der Waals surface area contributed by atoms with Crippen molar-refractivity contribution in [3.63, 3.8) is 0 Å². The van der Waals surface area contributed by atoms with Crippen LogP contribution in [0.2, 0.25) is 0 Å². The number of aromatic nitrogens is 1. The molecule has 0 saturated carbocycles. The second-order valence-corrected chi connectivity index (χ2v) is 5.48. The van der Waals surface area contributed by atoms with Crippen LogP contribution in [0.1, 0.15) is 12.5 Å². The van der Waals surface area contributed by atoms with Crippen molar-refractivity contribution in [3.8, 4) is 0 Å². The summed E-state index contributed by atoms with van der Waals surface area (Å²) in [6.45, 7) is 6.65. The quantitative estimate of drug-likeness (QED) is 0.910. The summed E-state index contributed by atoms with van der Waals surface area (Å²) in [4.78, 5) is 11.1. The number of nitrogens with two attached hydrogens (primary N) is 1. The number of aryl methyl sites for hydroxylation is 1. The Hall–Kier alpha value is -2.56. The zero-order chi connectivity index (χ0) is 15.5. The van der Waals surface area contributed by atoms with Gasteiger partial charge in [-0.2, -0.15) is 0 Å². The Morgan fingerprint density at radius 1 is 1.23 bits per heavy atom. The fourth-order valence-corrected chi connectivity index (χ4v) is 2.58. The number of rotatable bonds is 4. The molecule has 3 N–H and O–H groups in total. The molecule has 2 aromatic rings. The topological polar surface area (TPSA) is 66.5 Å². The van der Waals surface area contributed by atoms with E-state index in [1.54, 1.807) is 6.20 Å². The predicted octanol–water partition coefficient (Wildman–Crippen LogP) is 3.00. The van der Waals surface area contributed by atoms with Crippen molar-refractivity contribution in [2.24, 2.45) is 4.99 Å². The Morgan fingerprint density at radius 3 is 2.73 bits per heavy atom. The highest BCUT2D eigenvalue weighted by Crippen LogP contribution is 2.35. The van der Waals surface area contributed by atoms with E-state index in [-0.39, 0.29) is 0 Å². The average molecular weight is 295 g/mol. The van der Waals surface area contributed by atoms with Crippen molar-refractivity contribution < 1.29 is 0 Å². The lowest BCUT2D eigenvalue weighted by Gasteiger charge is -2.29. The zero-order valence-electron chi connectivity index (χ0n) is 13.0. The van der Waals surface area contributed by atoms with Gasteiger partial charge in [0, 0.05) is 18.4 Å². The summed E-state index contributed by atoms with van der Waals surface area (Å²) in [6.07, 6.45) is 1.74. The van der Waals surface area contributed by atoms with Crippen LogP contribution in [0.3, 0.4) is 0 Å². The number of nitrogen functional groups attached to an aromatic ring is 1. The first-order valence-corrected chi connectivity index (χ1v) is 7.53. The Labute approximate surface area is 130 Å². The molecule has 22 heavy (non-hydrogen) atoms. The summed E-state index contributed by atoms with van der Waals surface area (Å²) in [5.41, 5.74) is 11.2. The number of anilines is 3. The third-order valence-electron chi connectivity index (χ3n) is 3.85. The van der Waals surface area contributed by atoms with Gasteiger partial charge >= 0.3 is 0 Å². The monoisotopic (exact) mass is 295 g/mol. The van der Waals surface area contributed by atoms with Crippen LogP contribution in [-0.4, -0.2) is 30.3 Å². The summed E-state index contributed by atoms with van der Waals surface area (Å²) >= 11 is 0. The van der Waals surface area contributed by atoms with Gasteiger partial charge in [0.25, 0.3) is 0 Å². The number of hydrogen-bond donors (Lipinski definition) is 2. The van der Waals surface area contributed by atoms with Crippen molar-refractivity contribution in [2.75, 3.05) is 35.6 Å². The normalized spacial score (nSPS) is 13.5. The number of pyridine rings is 1. The number of nitrogens with zero attached hydrogens (tertiary/aromatic N) is 3. The minimum Gasteiger partial charge on any atom is -0.382 e. The van der Waals surface area contributed by atoms with Crippen molar-refractivity contribution in [2.45, 2.75) is 13.8 Å². The maximum Gasteiger partial charge on any atom is 0.151 e. The summed E-state index contributed by atoms with van der Waals surface area (Å²) in [6, 6.07) is 10.3. The molecule has 1 aromatic heterocycles. The first-order valence-electron chi connectivity index (χ1n) is 7.53. The van der Waals surface area contributed by atoms with E-state index < -0.39 is 0 Å². The van der Waals surface area contributed by atoms with Crippen molar-refractivity contribution in [1.82, 2.24) is 4.98 Å². The number of hydrogen-bond acceptors (Lipinski definition) is 5. The molecule has 1 aromatic carbocycles. The minimum atomic E-state index is 0.489. The van der Waals surface area contributed by atoms with Gasteiger partial charge in [0.15, 0.2) is 5.82 Å². The fraction of sp³-hybridized carbons (Fsp3) is 0.294. The van der Waals surface area contributed by atoms with Crippen LogP contribution >= 0.6 is 0 Å². The molecule has 2 heterocycles. The maximum absolute atomic E-state index is 5.98. The molecule has 0 fully saturated rings. The van der Waals surface area contributed by atoms with Gasteiger partial charge in [0.05, 0.1) is 24.5 Å².